The van der Waals surface area contributed by atoms with Crippen LogP contribution in [0.2, 0.25) is 5.02 Å². The van der Waals surface area contributed by atoms with E-state index in [9.17, 15) is 0 Å². The minimum absolute atomic E-state index is 0.170. The van der Waals surface area contributed by atoms with Crippen LogP contribution in [0.25, 0.3) is 0 Å². The average molecular weight is 184 g/mol. The van der Waals surface area contributed by atoms with Crippen LogP contribution in [0.5, 0.6) is 0 Å². The van der Waals surface area contributed by atoms with Crippen LogP contribution in [0.3, 0.4) is 0 Å². The summed E-state index contributed by atoms with van der Waals surface area (Å²) < 4.78 is 0. The van der Waals surface area contributed by atoms with Crippen molar-refractivity contribution in [3.8, 4) is 0 Å². The zero-order valence-corrected chi connectivity index (χ0v) is 8.23. The third kappa shape index (κ3) is 2.23. The predicted octanol–water partition coefficient (Wildman–Crippen LogP) is 2.54. The molecule has 2 heteroatoms. The molecule has 12 heavy (non-hydrogen) atoms. The zero-order valence-electron chi connectivity index (χ0n) is 7.47. The number of hydrogen-bond donors (Lipinski definition) is 1. The van der Waals surface area contributed by atoms with Crippen LogP contribution in [0.4, 0.5) is 0 Å². The molecule has 0 amide bonds. The van der Waals surface area contributed by atoms with E-state index in [1.807, 2.05) is 19.1 Å². The summed E-state index contributed by atoms with van der Waals surface area (Å²) >= 11 is 6.02. The van der Waals surface area contributed by atoms with Crippen molar-refractivity contribution in [1.82, 2.24) is 0 Å². The Morgan fingerprint density at radius 2 is 2.17 bits per heavy atom. The summed E-state index contributed by atoms with van der Waals surface area (Å²) in [6.07, 6.45) is 0.853. The van der Waals surface area contributed by atoms with Gasteiger partial charge in [-0.05, 0) is 37.5 Å². The van der Waals surface area contributed by atoms with Crippen LogP contribution >= 0.6 is 11.6 Å². The molecule has 0 bridgehead atoms. The Labute approximate surface area is 78.5 Å². The van der Waals surface area contributed by atoms with Gasteiger partial charge in [0.25, 0.3) is 0 Å². The van der Waals surface area contributed by atoms with E-state index in [1.165, 1.54) is 11.1 Å². The first-order valence-corrected chi connectivity index (χ1v) is 4.48. The maximum Gasteiger partial charge on any atom is 0.0441 e. The Morgan fingerprint density at radius 3 is 2.67 bits per heavy atom. The van der Waals surface area contributed by atoms with Crippen LogP contribution in [-0.2, 0) is 6.42 Å². The van der Waals surface area contributed by atoms with E-state index < -0.39 is 0 Å². The van der Waals surface area contributed by atoms with Gasteiger partial charge < -0.3 is 5.73 Å². The summed E-state index contributed by atoms with van der Waals surface area (Å²) in [6.45, 7) is 4.05. The second-order valence-corrected chi connectivity index (χ2v) is 3.62. The molecule has 0 radical (unpaired) electrons. The van der Waals surface area contributed by atoms with Gasteiger partial charge in [-0.25, -0.2) is 0 Å². The highest BCUT2D eigenvalue weighted by atomic mass is 35.5. The lowest BCUT2D eigenvalue weighted by atomic mass is 10.0. The second kappa shape index (κ2) is 3.92. The first kappa shape index (κ1) is 9.56. The molecule has 0 unspecified atom stereocenters. The van der Waals surface area contributed by atoms with Crippen LogP contribution in [0.1, 0.15) is 18.1 Å². The summed E-state index contributed by atoms with van der Waals surface area (Å²) in [5.41, 5.74) is 8.10. The largest absolute Gasteiger partial charge is 0.328 e. The van der Waals surface area contributed by atoms with E-state index in [0.29, 0.717) is 0 Å². The molecule has 1 rings (SSSR count). The van der Waals surface area contributed by atoms with Crippen molar-refractivity contribution >= 4 is 11.6 Å². The summed E-state index contributed by atoms with van der Waals surface area (Å²) in [7, 11) is 0. The topological polar surface area (TPSA) is 26.0 Å². The number of nitrogens with two attached hydrogens (primary N) is 1. The summed E-state index contributed by atoms with van der Waals surface area (Å²) in [4.78, 5) is 0. The van der Waals surface area contributed by atoms with Crippen molar-refractivity contribution < 1.29 is 0 Å². The normalized spacial score (nSPS) is 13.0. The molecule has 0 aliphatic heterocycles. The maximum atomic E-state index is 6.02. The number of halogens is 1. The molecular weight excluding hydrogens is 170 g/mol. The molecule has 1 aromatic carbocycles. The smallest absolute Gasteiger partial charge is 0.0441 e. The van der Waals surface area contributed by atoms with Gasteiger partial charge >= 0.3 is 0 Å². The zero-order chi connectivity index (χ0) is 9.14. The van der Waals surface area contributed by atoms with E-state index in [2.05, 4.69) is 13.0 Å². The molecule has 0 fully saturated rings. The quantitative estimate of drug-likeness (QED) is 0.750. The summed E-state index contributed by atoms with van der Waals surface area (Å²) in [6, 6.07) is 6.10. The third-order valence-electron chi connectivity index (χ3n) is 1.88. The lowest BCUT2D eigenvalue weighted by Crippen LogP contribution is -2.18. The Hall–Kier alpha value is -0.530. The van der Waals surface area contributed by atoms with Gasteiger partial charge in [-0.1, -0.05) is 23.7 Å². The minimum Gasteiger partial charge on any atom is -0.328 e. The van der Waals surface area contributed by atoms with Crippen molar-refractivity contribution in [1.29, 1.82) is 0 Å². The van der Waals surface area contributed by atoms with Crippen LogP contribution in [0.15, 0.2) is 18.2 Å². The Morgan fingerprint density at radius 1 is 1.50 bits per heavy atom. The van der Waals surface area contributed by atoms with E-state index in [0.717, 1.165) is 11.4 Å². The lowest BCUT2D eigenvalue weighted by molar-refractivity contribution is 0.735. The fourth-order valence-corrected chi connectivity index (χ4v) is 1.55. The van der Waals surface area contributed by atoms with Crippen molar-refractivity contribution in [3.05, 3.63) is 34.3 Å². The highest BCUT2D eigenvalue weighted by molar-refractivity contribution is 6.31. The van der Waals surface area contributed by atoms with Gasteiger partial charge in [0.15, 0.2) is 0 Å². The van der Waals surface area contributed by atoms with Gasteiger partial charge in [0.05, 0.1) is 0 Å². The van der Waals surface area contributed by atoms with Crippen LogP contribution in [-0.4, -0.2) is 6.04 Å². The molecule has 0 aliphatic rings. The monoisotopic (exact) mass is 183 g/mol. The number of rotatable bonds is 2. The summed E-state index contributed by atoms with van der Waals surface area (Å²) in [5, 5.41) is 0.826. The molecule has 66 valence electrons. The van der Waals surface area contributed by atoms with Crippen molar-refractivity contribution in [3.63, 3.8) is 0 Å². The Kier molecular flexibility index (Phi) is 3.12. The highest BCUT2D eigenvalue weighted by Gasteiger charge is 2.05. The standard InChI is InChI=1S/C10H14ClN/c1-7-4-3-5-10(11)9(7)6-8(2)12/h3-5,8H,6,12H2,1-2H3/t8-/m0/s1. The molecule has 0 spiro atoms. The minimum atomic E-state index is 0.170. The molecule has 2 N–H and O–H groups in total. The van der Waals surface area contributed by atoms with E-state index in [1.54, 1.807) is 0 Å². The fourth-order valence-electron chi connectivity index (χ4n) is 1.25. The van der Waals surface area contributed by atoms with Gasteiger partial charge in [-0.2, -0.15) is 0 Å². The summed E-state index contributed by atoms with van der Waals surface area (Å²) in [5.74, 6) is 0. The fraction of sp³-hybridized carbons (Fsp3) is 0.400. The van der Waals surface area contributed by atoms with E-state index in [-0.39, 0.29) is 6.04 Å². The van der Waals surface area contributed by atoms with Gasteiger partial charge in [0.2, 0.25) is 0 Å². The molecule has 1 atom stereocenters. The molecule has 1 aromatic rings. The molecule has 0 saturated carbocycles. The van der Waals surface area contributed by atoms with Gasteiger partial charge in [0, 0.05) is 11.1 Å². The molecular formula is C10H14ClN. The van der Waals surface area contributed by atoms with Crippen molar-refractivity contribution in [2.45, 2.75) is 26.3 Å². The van der Waals surface area contributed by atoms with Crippen LogP contribution < -0.4 is 5.73 Å². The van der Waals surface area contributed by atoms with Crippen molar-refractivity contribution in [2.75, 3.05) is 0 Å². The first-order valence-electron chi connectivity index (χ1n) is 4.11. The maximum absolute atomic E-state index is 6.02. The number of aryl methyl sites for hydroxylation is 1. The molecule has 1 nitrogen and oxygen atoms in total. The molecule has 0 aromatic heterocycles. The molecule has 0 saturated heterocycles. The van der Waals surface area contributed by atoms with Crippen molar-refractivity contribution in [2.24, 2.45) is 5.73 Å². The Balaban J connectivity index is 2.96. The predicted molar refractivity (Wildman–Crippen MR) is 53.5 cm³/mol. The molecule has 0 aliphatic carbocycles. The lowest BCUT2D eigenvalue weighted by Gasteiger charge is -2.10. The number of hydrogen-bond acceptors (Lipinski definition) is 1. The number of benzene rings is 1. The average Bonchev–Trinajstić information content (AvgIpc) is 1.97. The van der Waals surface area contributed by atoms with Gasteiger partial charge in [-0.15, -0.1) is 0 Å². The SMILES string of the molecule is Cc1cccc(Cl)c1C[C@H](C)N. The van der Waals surface area contributed by atoms with E-state index in [4.69, 9.17) is 17.3 Å². The highest BCUT2D eigenvalue weighted by Crippen LogP contribution is 2.20. The first-order chi connectivity index (χ1) is 5.61. The molecule has 0 heterocycles. The van der Waals surface area contributed by atoms with Crippen LogP contribution in [0, 0.1) is 6.92 Å². The third-order valence-corrected chi connectivity index (χ3v) is 2.23. The van der Waals surface area contributed by atoms with Gasteiger partial charge in [-0.3, -0.25) is 0 Å². The van der Waals surface area contributed by atoms with E-state index >= 15 is 0 Å². The van der Waals surface area contributed by atoms with Gasteiger partial charge in [0.1, 0.15) is 0 Å². The Bertz CT molecular complexity index is 248. The second-order valence-electron chi connectivity index (χ2n) is 3.22.